The monoisotopic (exact) mass is 244 g/mol. The van der Waals surface area contributed by atoms with E-state index in [1.165, 1.54) is 6.34 Å². The molecule has 2 aliphatic heterocycles. The summed E-state index contributed by atoms with van der Waals surface area (Å²) < 4.78 is 0. The van der Waals surface area contributed by atoms with Crippen molar-refractivity contribution in [3.8, 4) is 0 Å². The Hall–Kier alpha value is -1.94. The van der Waals surface area contributed by atoms with Crippen LogP contribution in [0, 0.1) is 0 Å². The molecule has 3 heterocycles. The topological polar surface area (TPSA) is 40.9 Å². The van der Waals surface area contributed by atoms with E-state index in [9.17, 15) is 0 Å². The number of hydrazone groups is 1. The maximum Gasteiger partial charge on any atom is 0.156 e. The van der Waals surface area contributed by atoms with Gasteiger partial charge in [0, 0.05) is 18.6 Å². The van der Waals surface area contributed by atoms with Crippen LogP contribution in [0.25, 0.3) is 5.57 Å². The molecule has 17 heavy (non-hydrogen) atoms. The Morgan fingerprint density at radius 2 is 2.29 bits per heavy atom. The number of fused-ring (bicyclic) bond motifs is 1. The van der Waals surface area contributed by atoms with Crippen molar-refractivity contribution in [1.82, 2.24) is 9.99 Å². The van der Waals surface area contributed by atoms with E-state index in [-0.39, 0.29) is 0 Å². The number of aromatic nitrogens is 1. The molecule has 1 aromatic rings. The summed E-state index contributed by atoms with van der Waals surface area (Å²) in [5, 5.41) is 6.36. The van der Waals surface area contributed by atoms with Gasteiger partial charge in [-0.15, -0.1) is 0 Å². The van der Waals surface area contributed by atoms with Gasteiger partial charge >= 0.3 is 0 Å². The highest BCUT2D eigenvalue weighted by molar-refractivity contribution is 6.70. The van der Waals surface area contributed by atoms with Crippen LogP contribution in [-0.4, -0.2) is 21.5 Å². The molecule has 0 saturated carbocycles. The van der Waals surface area contributed by atoms with Crippen LogP contribution in [0.15, 0.2) is 52.6 Å². The summed E-state index contributed by atoms with van der Waals surface area (Å²) in [5.74, 6) is 0. The second-order valence-electron chi connectivity index (χ2n) is 3.68. The minimum atomic E-state index is 0.474. The molecule has 5 heteroatoms. The molecule has 2 aliphatic rings. The number of halogens is 1. The SMILES string of the molecule is ClC1=NC=NN2C=C(c3cccnc3)CC=C12. The van der Waals surface area contributed by atoms with Crippen LogP contribution in [0.2, 0.25) is 0 Å². The van der Waals surface area contributed by atoms with Crippen molar-refractivity contribution < 1.29 is 0 Å². The lowest BCUT2D eigenvalue weighted by Gasteiger charge is -2.24. The molecule has 0 aromatic carbocycles. The Labute approximate surface area is 104 Å². The predicted molar refractivity (Wildman–Crippen MR) is 68.5 cm³/mol. The van der Waals surface area contributed by atoms with E-state index in [4.69, 9.17) is 11.6 Å². The van der Waals surface area contributed by atoms with Crippen molar-refractivity contribution in [2.24, 2.45) is 10.1 Å². The van der Waals surface area contributed by atoms with Crippen molar-refractivity contribution >= 4 is 28.7 Å². The molecule has 0 atom stereocenters. The summed E-state index contributed by atoms with van der Waals surface area (Å²) in [6.07, 6.45) is 9.83. The number of allylic oxidation sites excluding steroid dienone is 3. The predicted octanol–water partition coefficient (Wildman–Crippen LogP) is 2.61. The summed E-state index contributed by atoms with van der Waals surface area (Å²) in [6, 6.07) is 3.95. The quantitative estimate of drug-likeness (QED) is 0.762. The van der Waals surface area contributed by atoms with Gasteiger partial charge in [0.2, 0.25) is 0 Å². The zero-order chi connectivity index (χ0) is 11.7. The smallest absolute Gasteiger partial charge is 0.156 e. The molecule has 84 valence electrons. The highest BCUT2D eigenvalue weighted by Gasteiger charge is 2.19. The Balaban J connectivity index is 1.94. The Kier molecular flexibility index (Phi) is 2.49. The van der Waals surface area contributed by atoms with E-state index in [0.717, 1.165) is 23.3 Å². The number of hydrogen-bond donors (Lipinski definition) is 0. The summed E-state index contributed by atoms with van der Waals surface area (Å²) in [7, 11) is 0. The van der Waals surface area contributed by atoms with Gasteiger partial charge in [-0.1, -0.05) is 23.7 Å². The molecule has 3 rings (SSSR count). The maximum atomic E-state index is 5.99. The summed E-state index contributed by atoms with van der Waals surface area (Å²) in [6.45, 7) is 0. The lowest BCUT2D eigenvalue weighted by molar-refractivity contribution is 0.515. The van der Waals surface area contributed by atoms with E-state index in [2.05, 4.69) is 15.1 Å². The fourth-order valence-electron chi connectivity index (χ4n) is 1.79. The second kappa shape index (κ2) is 4.14. The third-order valence-electron chi connectivity index (χ3n) is 2.63. The van der Waals surface area contributed by atoms with Gasteiger partial charge in [-0.05, 0) is 23.6 Å². The maximum absolute atomic E-state index is 5.99. The van der Waals surface area contributed by atoms with Gasteiger partial charge in [-0.3, -0.25) is 4.98 Å². The lowest BCUT2D eigenvalue weighted by atomic mass is 10.0. The number of nitrogens with zero attached hydrogens (tertiary/aromatic N) is 4. The minimum Gasteiger partial charge on any atom is -0.264 e. The highest BCUT2D eigenvalue weighted by atomic mass is 35.5. The van der Waals surface area contributed by atoms with Crippen molar-refractivity contribution in [3.05, 3.63) is 48.1 Å². The van der Waals surface area contributed by atoms with Crippen LogP contribution in [0.3, 0.4) is 0 Å². The summed E-state index contributed by atoms with van der Waals surface area (Å²) >= 11 is 5.99. The average molecular weight is 245 g/mol. The number of pyridine rings is 1. The molecule has 0 spiro atoms. The highest BCUT2D eigenvalue weighted by Crippen LogP contribution is 2.28. The molecular formula is C12H9ClN4. The van der Waals surface area contributed by atoms with Crippen LogP contribution >= 0.6 is 11.6 Å². The molecule has 0 amide bonds. The van der Waals surface area contributed by atoms with Crippen LogP contribution in [0.1, 0.15) is 12.0 Å². The zero-order valence-corrected chi connectivity index (χ0v) is 9.67. The molecule has 0 unspecified atom stereocenters. The van der Waals surface area contributed by atoms with Crippen molar-refractivity contribution in [3.63, 3.8) is 0 Å². The lowest BCUT2D eigenvalue weighted by Crippen LogP contribution is -2.21. The Bertz CT molecular complexity index is 557. The van der Waals surface area contributed by atoms with Gasteiger partial charge < -0.3 is 0 Å². The van der Waals surface area contributed by atoms with Crippen LogP contribution in [0.5, 0.6) is 0 Å². The van der Waals surface area contributed by atoms with Gasteiger partial charge in [0.1, 0.15) is 6.34 Å². The van der Waals surface area contributed by atoms with Crippen molar-refractivity contribution in [1.29, 1.82) is 0 Å². The molecule has 0 saturated heterocycles. The fraction of sp³-hybridized carbons (Fsp3) is 0.0833. The van der Waals surface area contributed by atoms with E-state index < -0.39 is 0 Å². The third kappa shape index (κ3) is 1.87. The molecule has 0 fully saturated rings. The molecule has 1 aromatic heterocycles. The minimum absolute atomic E-state index is 0.474. The first kappa shape index (κ1) is 10.2. The zero-order valence-electron chi connectivity index (χ0n) is 8.92. The van der Waals surface area contributed by atoms with Gasteiger partial charge in [0.15, 0.2) is 5.17 Å². The van der Waals surface area contributed by atoms with Gasteiger partial charge in [-0.2, -0.15) is 5.10 Å². The molecule has 0 radical (unpaired) electrons. The molecule has 0 N–H and O–H groups in total. The summed E-state index contributed by atoms with van der Waals surface area (Å²) in [5.41, 5.74) is 3.09. The second-order valence-corrected chi connectivity index (χ2v) is 4.04. The molecule has 0 aliphatic carbocycles. The number of aliphatic imine (C=N–C) groups is 1. The van der Waals surface area contributed by atoms with E-state index in [1.807, 2.05) is 30.6 Å². The van der Waals surface area contributed by atoms with Crippen LogP contribution in [0.4, 0.5) is 0 Å². The molecular weight excluding hydrogens is 236 g/mol. The number of hydrogen-bond acceptors (Lipinski definition) is 4. The standard InChI is InChI=1S/C12H9ClN4/c13-12-11-4-3-10(7-17(11)16-8-15-12)9-2-1-5-14-6-9/h1-2,4-8H,3H2. The van der Waals surface area contributed by atoms with Gasteiger partial charge in [-0.25, -0.2) is 10.0 Å². The summed E-state index contributed by atoms with van der Waals surface area (Å²) in [4.78, 5) is 8.06. The van der Waals surface area contributed by atoms with Crippen LogP contribution < -0.4 is 0 Å². The Morgan fingerprint density at radius 1 is 1.35 bits per heavy atom. The average Bonchev–Trinajstić information content (AvgIpc) is 2.40. The van der Waals surface area contributed by atoms with Gasteiger partial charge in [0.05, 0.1) is 5.70 Å². The van der Waals surface area contributed by atoms with Gasteiger partial charge in [0.25, 0.3) is 0 Å². The van der Waals surface area contributed by atoms with E-state index >= 15 is 0 Å². The molecule has 4 nitrogen and oxygen atoms in total. The third-order valence-corrected chi connectivity index (χ3v) is 2.92. The normalized spacial score (nSPS) is 18.2. The fourth-order valence-corrected chi connectivity index (χ4v) is 2.00. The first-order valence-electron chi connectivity index (χ1n) is 5.21. The van der Waals surface area contributed by atoms with E-state index in [0.29, 0.717) is 5.17 Å². The largest absolute Gasteiger partial charge is 0.264 e. The molecule has 0 bridgehead atoms. The Morgan fingerprint density at radius 3 is 3.12 bits per heavy atom. The van der Waals surface area contributed by atoms with Crippen molar-refractivity contribution in [2.45, 2.75) is 6.42 Å². The van der Waals surface area contributed by atoms with E-state index in [1.54, 1.807) is 11.2 Å². The number of rotatable bonds is 1. The van der Waals surface area contributed by atoms with Crippen molar-refractivity contribution in [2.75, 3.05) is 0 Å². The van der Waals surface area contributed by atoms with Crippen LogP contribution in [-0.2, 0) is 0 Å². The first-order valence-corrected chi connectivity index (χ1v) is 5.59. The first-order chi connectivity index (χ1) is 8.34.